The summed E-state index contributed by atoms with van der Waals surface area (Å²) in [5, 5.41) is 10.4. The Kier molecular flexibility index (Phi) is 10.0. The van der Waals surface area contributed by atoms with Crippen molar-refractivity contribution in [1.82, 2.24) is 20.3 Å². The van der Waals surface area contributed by atoms with Crippen molar-refractivity contribution in [2.45, 2.75) is 44.9 Å². The van der Waals surface area contributed by atoms with E-state index in [0.29, 0.717) is 41.0 Å². The first kappa shape index (κ1) is 34.5. The molecule has 6 rings (SSSR count). The number of carboxylic acid groups (broad SMARTS) is 1. The molecule has 3 aromatic carbocycles. The number of ether oxygens (including phenoxy) is 2. The van der Waals surface area contributed by atoms with Crippen molar-refractivity contribution in [3.8, 4) is 11.5 Å². The first-order valence-corrected chi connectivity index (χ1v) is 16.6. The zero-order chi connectivity index (χ0) is 35.0. The van der Waals surface area contributed by atoms with Gasteiger partial charge in [-0.15, -0.1) is 0 Å². The molecule has 1 saturated heterocycles. The van der Waals surface area contributed by atoms with Crippen LogP contribution in [0.15, 0.2) is 59.5 Å². The first-order valence-electron chi connectivity index (χ1n) is 15.9. The highest BCUT2D eigenvalue weighted by molar-refractivity contribution is 6.36. The maximum Gasteiger partial charge on any atom is 0.341 e. The van der Waals surface area contributed by atoms with E-state index in [9.17, 15) is 19.5 Å². The second kappa shape index (κ2) is 14.2. The summed E-state index contributed by atoms with van der Waals surface area (Å²) in [5.41, 5.74) is 6.35. The second-order valence-electron chi connectivity index (χ2n) is 12.3. The number of carboxylic acids is 1. The van der Waals surface area contributed by atoms with Crippen LogP contribution < -0.4 is 30.7 Å². The number of para-hydroxylation sites is 1. The third kappa shape index (κ3) is 6.91. The lowest BCUT2D eigenvalue weighted by atomic mass is 10.0. The fourth-order valence-corrected chi connectivity index (χ4v) is 6.98. The van der Waals surface area contributed by atoms with E-state index >= 15 is 4.39 Å². The van der Waals surface area contributed by atoms with Crippen LogP contribution in [0.3, 0.4) is 0 Å². The Bertz CT molecular complexity index is 1970. The van der Waals surface area contributed by atoms with Crippen molar-refractivity contribution in [2.24, 2.45) is 0 Å². The van der Waals surface area contributed by atoms with E-state index in [2.05, 4.69) is 15.8 Å². The molecule has 2 aliphatic rings. The molecule has 258 valence electrons. The minimum atomic E-state index is -1.37. The van der Waals surface area contributed by atoms with Gasteiger partial charge >= 0.3 is 5.97 Å². The predicted molar refractivity (Wildman–Crippen MR) is 185 cm³/mol. The third-order valence-corrected chi connectivity index (χ3v) is 9.65. The summed E-state index contributed by atoms with van der Waals surface area (Å²) < 4.78 is 29.6. The van der Waals surface area contributed by atoms with E-state index in [4.69, 9.17) is 32.7 Å². The van der Waals surface area contributed by atoms with Crippen LogP contribution in [0.2, 0.25) is 10.0 Å². The van der Waals surface area contributed by atoms with Crippen LogP contribution in [0.5, 0.6) is 11.5 Å². The SMILES string of the molecule is COc1cc2c(=O)c(C(=O)O)cn(C3CC3)c2c(F)c1N1CCN(C(NNC(=O)COc2ccccc2C)c2c(Cl)cccc2Cl)C(C)C1. The Morgan fingerprint density at radius 2 is 1.80 bits per heavy atom. The smallest absolute Gasteiger partial charge is 0.341 e. The number of aryl methyl sites for hydroxylation is 1. The molecule has 1 aliphatic heterocycles. The molecule has 0 radical (unpaired) electrons. The van der Waals surface area contributed by atoms with Crippen molar-refractivity contribution < 1.29 is 28.6 Å². The number of benzene rings is 3. The quantitative estimate of drug-likeness (QED) is 0.168. The van der Waals surface area contributed by atoms with Gasteiger partial charge in [0.1, 0.15) is 28.9 Å². The van der Waals surface area contributed by atoms with Gasteiger partial charge in [-0.2, -0.15) is 0 Å². The number of aromatic carboxylic acids is 1. The van der Waals surface area contributed by atoms with Crippen LogP contribution in [0.25, 0.3) is 10.9 Å². The summed E-state index contributed by atoms with van der Waals surface area (Å²) in [4.78, 5) is 41.9. The molecule has 0 spiro atoms. The molecule has 11 nitrogen and oxygen atoms in total. The number of halogens is 3. The van der Waals surface area contributed by atoms with Gasteiger partial charge < -0.3 is 24.0 Å². The summed E-state index contributed by atoms with van der Waals surface area (Å²) >= 11 is 13.3. The summed E-state index contributed by atoms with van der Waals surface area (Å²) in [7, 11) is 1.38. The highest BCUT2D eigenvalue weighted by Gasteiger charge is 2.36. The first-order chi connectivity index (χ1) is 23.5. The van der Waals surface area contributed by atoms with Gasteiger partial charge in [0.2, 0.25) is 5.43 Å². The normalized spacial score (nSPS) is 17.2. The monoisotopic (exact) mass is 711 g/mol. The van der Waals surface area contributed by atoms with Gasteiger partial charge in [-0.1, -0.05) is 47.5 Å². The Morgan fingerprint density at radius 1 is 1.08 bits per heavy atom. The number of carbonyl (C=O) groups excluding carboxylic acids is 1. The molecule has 2 unspecified atom stereocenters. The standard InChI is InChI=1S/C35H36Cl2FN5O6/c1-19-7-4-5-10-26(19)49-18-28(44)39-40-34(29-24(36)8-6-9-25(29)37)42-14-13-41(16-20(42)2)32-27(48-3)15-22-31(30(32)38)43(21-11-12-21)17-23(33(22)45)35(46)47/h4-10,15,17,20-21,34,40H,11-14,16,18H2,1-3H3,(H,39,44)(H,46,47). The van der Waals surface area contributed by atoms with Gasteiger partial charge in [0.15, 0.2) is 12.4 Å². The summed E-state index contributed by atoms with van der Waals surface area (Å²) in [5.74, 6) is -1.72. The number of carbonyl (C=O) groups is 2. The Hall–Kier alpha value is -4.36. The highest BCUT2D eigenvalue weighted by Crippen LogP contribution is 2.43. The highest BCUT2D eigenvalue weighted by atomic mass is 35.5. The van der Waals surface area contributed by atoms with Crippen molar-refractivity contribution in [3.63, 3.8) is 0 Å². The van der Waals surface area contributed by atoms with Crippen molar-refractivity contribution in [2.75, 3.05) is 38.3 Å². The van der Waals surface area contributed by atoms with E-state index in [1.165, 1.54) is 19.4 Å². The third-order valence-electron chi connectivity index (χ3n) is 8.99. The van der Waals surface area contributed by atoms with E-state index in [-0.39, 0.29) is 41.0 Å². The molecule has 0 bridgehead atoms. The topological polar surface area (TPSA) is 125 Å². The lowest BCUT2D eigenvalue weighted by molar-refractivity contribution is -0.125. The summed E-state index contributed by atoms with van der Waals surface area (Å²) in [6.45, 7) is 4.65. The number of nitrogens with zero attached hydrogens (tertiary/aromatic N) is 3. The molecule has 49 heavy (non-hydrogen) atoms. The van der Waals surface area contributed by atoms with Gasteiger partial charge in [0.25, 0.3) is 5.91 Å². The van der Waals surface area contributed by atoms with Crippen molar-refractivity contribution in [1.29, 1.82) is 0 Å². The lowest BCUT2D eigenvalue weighted by Gasteiger charge is -2.45. The van der Waals surface area contributed by atoms with Gasteiger partial charge in [-0.25, -0.2) is 14.6 Å². The molecule has 14 heteroatoms. The van der Waals surface area contributed by atoms with Crippen LogP contribution in [-0.4, -0.2) is 65.8 Å². The molecule has 1 aromatic heterocycles. The average molecular weight is 713 g/mol. The maximum atomic E-state index is 16.7. The lowest BCUT2D eigenvalue weighted by Crippen LogP contribution is -2.58. The number of hydrogen-bond acceptors (Lipinski definition) is 8. The molecular formula is C35H36Cl2FN5O6. The molecule has 4 aromatic rings. The molecule has 1 saturated carbocycles. The van der Waals surface area contributed by atoms with Gasteiger partial charge in [0.05, 0.1) is 18.0 Å². The van der Waals surface area contributed by atoms with E-state index < -0.39 is 34.9 Å². The zero-order valence-corrected chi connectivity index (χ0v) is 28.6. The number of piperazine rings is 1. The summed E-state index contributed by atoms with van der Waals surface area (Å²) in [6, 6.07) is 13.6. The maximum absolute atomic E-state index is 16.7. The fraction of sp³-hybridized carbons (Fsp3) is 0.343. The Labute approximate surface area is 292 Å². The number of hydrazine groups is 1. The number of anilines is 1. The second-order valence-corrected chi connectivity index (χ2v) is 13.1. The van der Waals surface area contributed by atoms with E-state index in [0.717, 1.165) is 18.4 Å². The van der Waals surface area contributed by atoms with Gasteiger partial charge in [-0.05, 0) is 56.5 Å². The van der Waals surface area contributed by atoms with Crippen molar-refractivity contribution in [3.05, 3.63) is 97.5 Å². The molecule has 2 fully saturated rings. The number of amides is 1. The molecular weight excluding hydrogens is 676 g/mol. The van der Waals surface area contributed by atoms with Gasteiger partial charge in [0, 0.05) is 53.5 Å². The minimum absolute atomic E-state index is 0.0450. The van der Waals surface area contributed by atoms with E-state index in [1.807, 2.05) is 36.9 Å². The van der Waals surface area contributed by atoms with Crippen LogP contribution in [0.4, 0.5) is 10.1 Å². The number of methoxy groups -OCH3 is 1. The minimum Gasteiger partial charge on any atom is -0.494 e. The van der Waals surface area contributed by atoms with Crippen LogP contribution in [0.1, 0.15) is 53.5 Å². The number of pyridine rings is 1. The number of aromatic nitrogens is 1. The molecule has 1 aliphatic carbocycles. The fourth-order valence-electron chi connectivity index (χ4n) is 6.38. The zero-order valence-electron chi connectivity index (χ0n) is 27.1. The van der Waals surface area contributed by atoms with Gasteiger partial charge in [-0.3, -0.25) is 19.9 Å². The van der Waals surface area contributed by atoms with Crippen LogP contribution in [0, 0.1) is 12.7 Å². The van der Waals surface area contributed by atoms with Crippen LogP contribution in [-0.2, 0) is 4.79 Å². The Balaban J connectivity index is 1.28. The number of hydrogen-bond donors (Lipinski definition) is 3. The predicted octanol–water partition coefficient (Wildman–Crippen LogP) is 5.71. The van der Waals surface area contributed by atoms with Crippen molar-refractivity contribution >= 4 is 51.7 Å². The molecule has 2 heterocycles. The average Bonchev–Trinajstić information content (AvgIpc) is 3.92. The van der Waals surface area contributed by atoms with E-state index in [1.54, 1.807) is 28.8 Å². The molecule has 3 N–H and O–H groups in total. The summed E-state index contributed by atoms with van der Waals surface area (Å²) in [6.07, 6.45) is 2.08. The largest absolute Gasteiger partial charge is 0.494 e. The molecule has 2 atom stereocenters. The van der Waals surface area contributed by atoms with Crippen LogP contribution >= 0.6 is 23.2 Å². The Morgan fingerprint density at radius 3 is 2.43 bits per heavy atom. The molecule has 1 amide bonds. The number of nitrogens with one attached hydrogen (secondary N) is 2. The number of fused-ring (bicyclic) bond motifs is 1. The number of rotatable bonds is 11.